The second-order valence-electron chi connectivity index (χ2n) is 26.0. The fourth-order valence-electron chi connectivity index (χ4n) is 10.6. The van der Waals surface area contributed by atoms with Crippen molar-refractivity contribution >= 4 is 52.9 Å². The van der Waals surface area contributed by atoms with Crippen molar-refractivity contribution in [2.24, 2.45) is 0 Å². The summed E-state index contributed by atoms with van der Waals surface area (Å²) in [6, 6.07) is 46.7. The summed E-state index contributed by atoms with van der Waals surface area (Å²) in [5, 5.41) is 19.0. The first-order chi connectivity index (χ1) is 61.4. The van der Waals surface area contributed by atoms with Crippen LogP contribution in [0.4, 0.5) is 0 Å². The van der Waals surface area contributed by atoms with Crippen LogP contribution in [0.25, 0.3) is 68.3 Å². The van der Waals surface area contributed by atoms with E-state index in [1.54, 1.807) is 213 Å². The Kier molecular flexibility index (Phi) is 46.9. The molecule has 7 amide bonds. The largest absolute Gasteiger partial charge is 0.349 e. The van der Waals surface area contributed by atoms with Crippen LogP contribution in [0, 0.1) is 0 Å². The molecule has 0 aliphatic rings. The summed E-state index contributed by atoms with van der Waals surface area (Å²) < 4.78 is 0. The summed E-state index contributed by atoms with van der Waals surface area (Å²) >= 11 is 0. The number of hydrogen-bond acceptors (Lipinski definition) is 21. The van der Waals surface area contributed by atoms with Crippen LogP contribution in [0.1, 0.15) is 119 Å². The minimum Gasteiger partial charge on any atom is -0.349 e. The standard InChI is InChI=1S/C19H19N3O2.2C18H18N4O2.C15H14N2O.2C14H13N3O.2Ru/c1-3-5-6-18(23)14-7-10-20-16(12-14)17-13-15(8-11-21-17)19(24)22-9-4-2;2*1-3-7-21-17(23)13-5-9-19-15(11-13)16-12-14(6-10-20-16)18(24)22-8-4-2;1-2-3-7-15(18)12-8-10-17-14(11-12)13-6-4-5-9-16-13;2*1-2-7-17-14(18)11-6-9-16-13(10-11)12-5-3-4-8-15-12;;/h3-4,7-8,10-13H,1-2,5-6,9H2,(H,22,24);2*3-6,9-12H,1-2,7-8H2,(H,21,23)(H,22,24);2,4-6,8-11H,1,3,7H2;2*2-6,8-10H,1,7H2,(H,17,18);;. The van der Waals surface area contributed by atoms with E-state index in [0.29, 0.717) is 167 Å². The van der Waals surface area contributed by atoms with Crippen LogP contribution in [0.2, 0.25) is 0 Å². The van der Waals surface area contributed by atoms with E-state index in [-0.39, 0.29) is 91.9 Å². The Balaban J connectivity index is 0.000000273. The first kappa shape index (κ1) is 103. The topological polar surface area (TPSA) is 393 Å². The van der Waals surface area contributed by atoms with Crippen molar-refractivity contribution in [3.05, 3.63) is 402 Å². The molecule has 0 spiro atoms. The van der Waals surface area contributed by atoms with Gasteiger partial charge in [-0.15, -0.1) is 59.2 Å². The fraction of sp³-hybridized carbons (Fsp3) is 0.112. The Morgan fingerprint density at radius 1 is 0.203 bits per heavy atom. The van der Waals surface area contributed by atoms with Gasteiger partial charge in [-0.2, -0.15) is 0 Å². The predicted molar refractivity (Wildman–Crippen MR) is 490 cm³/mol. The maximum Gasteiger partial charge on any atom is 0.251 e. The van der Waals surface area contributed by atoms with Gasteiger partial charge in [0.15, 0.2) is 11.6 Å². The van der Waals surface area contributed by atoms with E-state index in [4.69, 9.17) is 0 Å². The number of hydrogen-bond donors (Lipinski definition) is 7. The van der Waals surface area contributed by atoms with Gasteiger partial charge in [0.05, 0.1) is 68.3 Å². The Labute approximate surface area is 768 Å². The smallest absolute Gasteiger partial charge is 0.251 e. The summed E-state index contributed by atoms with van der Waals surface area (Å²) in [7, 11) is 0. The number of nitrogens with one attached hydrogen (secondary N) is 7. The van der Waals surface area contributed by atoms with Crippen molar-refractivity contribution in [1.29, 1.82) is 0 Å². The van der Waals surface area contributed by atoms with E-state index in [1.807, 2.05) is 54.6 Å². The average molecular weight is 1890 g/mol. The summed E-state index contributed by atoms with van der Waals surface area (Å²) in [5.74, 6) is -1.26. The predicted octanol–water partition coefficient (Wildman–Crippen LogP) is 14.6. The molecule has 0 aromatic carbocycles. The molecule has 12 rings (SSSR count). The van der Waals surface area contributed by atoms with Crippen LogP contribution >= 0.6 is 0 Å². The van der Waals surface area contributed by atoms with E-state index in [1.165, 1.54) is 24.8 Å². The van der Waals surface area contributed by atoms with Crippen LogP contribution < -0.4 is 37.2 Å². The van der Waals surface area contributed by atoms with Crippen molar-refractivity contribution in [2.75, 3.05) is 45.8 Å². The van der Waals surface area contributed by atoms with Gasteiger partial charge in [-0.05, 0) is 158 Å². The van der Waals surface area contributed by atoms with Gasteiger partial charge in [0, 0.05) is 222 Å². The molecule has 28 nitrogen and oxygen atoms in total. The molecule has 0 radical (unpaired) electrons. The minimum atomic E-state index is -0.224. The second kappa shape index (κ2) is 58.4. The van der Waals surface area contributed by atoms with Crippen molar-refractivity contribution in [3.8, 4) is 68.3 Å². The van der Waals surface area contributed by atoms with Crippen molar-refractivity contribution < 1.29 is 82.1 Å². The Bertz CT molecular complexity index is 5030. The SMILES string of the molecule is C=CCCC(=O)c1ccnc(-c2cc(C(=O)NCC=C)ccn2)c1.C=CCCC(=O)c1ccnc(-c2ccccn2)c1.C=CCNC(=O)c1ccnc(-c2cc(C(=O)NCC=C)ccn2)c1.C=CCNC(=O)c1ccnc(-c2cc(C(=O)NCC=C)ccn2)c1.C=CCNC(=O)c1ccnc(-c2ccccn2)c1.C=CCNC(=O)c1ccnc(-c2ccccn2)c1.[Ru].[Ru]. The van der Waals surface area contributed by atoms with Crippen LogP contribution in [-0.2, 0) is 39.0 Å². The molecule has 12 heterocycles. The van der Waals surface area contributed by atoms with E-state index in [9.17, 15) is 43.2 Å². The van der Waals surface area contributed by atoms with Gasteiger partial charge in [-0.25, -0.2) is 0 Å². The van der Waals surface area contributed by atoms with E-state index in [0.717, 1.165) is 22.8 Å². The molecule has 0 aliphatic heterocycles. The normalized spacial score (nSPS) is 9.72. The Hall–Kier alpha value is -15.7. The van der Waals surface area contributed by atoms with Gasteiger partial charge in [0.25, 0.3) is 41.4 Å². The molecule has 128 heavy (non-hydrogen) atoms. The second-order valence-corrected chi connectivity index (χ2v) is 26.0. The number of amides is 7. The zero-order chi connectivity index (χ0) is 90.5. The summed E-state index contributed by atoms with van der Waals surface area (Å²) in [5.41, 5.74) is 12.2. The quantitative estimate of drug-likeness (QED) is 0.0110. The monoisotopic (exact) mass is 1890 g/mol. The van der Waals surface area contributed by atoms with Gasteiger partial charge in [0.2, 0.25) is 0 Å². The number of Topliss-reactive ketones (excluding diaryl/α,β-unsaturated/α-hetero) is 2. The Morgan fingerprint density at radius 3 is 0.516 bits per heavy atom. The number of rotatable bonds is 35. The van der Waals surface area contributed by atoms with Crippen LogP contribution in [-0.4, -0.2) is 159 Å². The third-order valence-corrected chi connectivity index (χ3v) is 16.9. The van der Waals surface area contributed by atoms with Crippen LogP contribution in [0.5, 0.6) is 0 Å². The molecule has 0 aliphatic carbocycles. The molecule has 0 saturated heterocycles. The van der Waals surface area contributed by atoms with Crippen molar-refractivity contribution in [1.82, 2.24) is 97.0 Å². The molecule has 0 fully saturated rings. The number of carbonyl (C=O) groups excluding carboxylic acids is 9. The molecular formula is C98H95N19O9Ru2. The van der Waals surface area contributed by atoms with E-state index >= 15 is 0 Å². The maximum absolute atomic E-state index is 12.1. The van der Waals surface area contributed by atoms with Gasteiger partial charge < -0.3 is 37.2 Å². The van der Waals surface area contributed by atoms with Gasteiger partial charge in [0.1, 0.15) is 0 Å². The molecular weight excluding hydrogens is 1790 g/mol. The zero-order valence-electron chi connectivity index (χ0n) is 70.1. The summed E-state index contributed by atoms with van der Waals surface area (Å²) in [6.07, 6.45) is 36.2. The minimum absolute atomic E-state index is 0. The van der Waals surface area contributed by atoms with E-state index < -0.39 is 0 Å². The molecule has 0 bridgehead atoms. The number of nitrogens with zero attached hydrogens (tertiary/aromatic N) is 12. The Morgan fingerprint density at radius 2 is 0.359 bits per heavy atom. The zero-order valence-corrected chi connectivity index (χ0v) is 73.6. The van der Waals surface area contributed by atoms with Crippen molar-refractivity contribution in [2.45, 2.75) is 25.7 Å². The molecule has 12 aromatic rings. The molecule has 0 unspecified atom stereocenters. The molecule has 12 aromatic heterocycles. The first-order valence-electron chi connectivity index (χ1n) is 39.3. The number of pyridine rings is 12. The molecule has 7 N–H and O–H groups in total. The fourth-order valence-corrected chi connectivity index (χ4v) is 10.6. The summed E-state index contributed by atoms with van der Waals surface area (Å²) in [4.78, 5) is 158. The number of carbonyl (C=O) groups is 9. The van der Waals surface area contributed by atoms with Gasteiger partial charge >= 0.3 is 0 Å². The summed E-state index contributed by atoms with van der Waals surface area (Å²) in [6.45, 7) is 35.0. The van der Waals surface area contributed by atoms with Gasteiger partial charge in [-0.1, -0.05) is 72.9 Å². The van der Waals surface area contributed by atoms with Gasteiger partial charge in [-0.3, -0.25) is 103 Å². The molecule has 0 saturated carbocycles. The van der Waals surface area contributed by atoms with Crippen LogP contribution in [0.15, 0.2) is 352 Å². The first-order valence-corrected chi connectivity index (χ1v) is 39.3. The average Bonchev–Trinajstić information content (AvgIpc) is 0.832. The maximum atomic E-state index is 12.1. The van der Waals surface area contributed by atoms with E-state index in [2.05, 4.69) is 156 Å². The molecule has 652 valence electrons. The molecule has 30 heteroatoms. The number of aromatic nitrogens is 12. The molecule has 0 atom stereocenters. The number of ketones is 2. The number of allylic oxidation sites excluding steroid dienone is 2. The third-order valence-electron chi connectivity index (χ3n) is 16.9. The van der Waals surface area contributed by atoms with Crippen molar-refractivity contribution in [3.63, 3.8) is 0 Å². The third kappa shape index (κ3) is 34.9. The van der Waals surface area contributed by atoms with Crippen LogP contribution in [0.3, 0.4) is 0 Å².